The van der Waals surface area contributed by atoms with Crippen LogP contribution in [0.2, 0.25) is 5.02 Å². The Morgan fingerprint density at radius 2 is 2.05 bits per heavy atom. The third-order valence-corrected chi connectivity index (χ3v) is 3.42. The van der Waals surface area contributed by atoms with Gasteiger partial charge in [-0.25, -0.2) is 0 Å². The van der Waals surface area contributed by atoms with Crippen LogP contribution in [0.1, 0.15) is 36.2 Å². The van der Waals surface area contributed by atoms with Crippen LogP contribution in [-0.2, 0) is 16.1 Å². The van der Waals surface area contributed by atoms with E-state index in [1.807, 2.05) is 13.8 Å². The van der Waals surface area contributed by atoms with Crippen LogP contribution in [-0.4, -0.2) is 25.0 Å². The van der Waals surface area contributed by atoms with Gasteiger partial charge >= 0.3 is 5.97 Å². The van der Waals surface area contributed by atoms with Gasteiger partial charge in [0.25, 0.3) is 0 Å². The van der Waals surface area contributed by atoms with E-state index in [0.29, 0.717) is 29.5 Å². The van der Waals surface area contributed by atoms with Gasteiger partial charge in [0.05, 0.1) is 7.11 Å². The molecule has 1 amide bonds. The first-order valence-electron chi connectivity index (χ1n) is 6.74. The molecule has 6 heteroatoms. The highest BCUT2D eigenvalue weighted by Crippen LogP contribution is 2.18. The lowest BCUT2D eigenvalue weighted by Crippen LogP contribution is -2.38. The molecule has 0 aliphatic carbocycles. The Morgan fingerprint density at radius 1 is 1.38 bits per heavy atom. The van der Waals surface area contributed by atoms with Crippen LogP contribution in [0.3, 0.4) is 0 Å². The van der Waals surface area contributed by atoms with Crippen molar-refractivity contribution in [3.63, 3.8) is 0 Å². The highest BCUT2D eigenvalue weighted by Gasteiger charge is 2.20. The molecule has 0 saturated carbocycles. The normalized spacial score (nSPS) is 12.2. The summed E-state index contributed by atoms with van der Waals surface area (Å²) < 4.78 is 4.79. The van der Waals surface area contributed by atoms with Crippen molar-refractivity contribution in [3.05, 3.63) is 34.3 Å². The number of amides is 1. The summed E-state index contributed by atoms with van der Waals surface area (Å²) >= 11 is 6.11. The van der Waals surface area contributed by atoms with Crippen LogP contribution in [0.25, 0.3) is 0 Å². The number of carbonyl (C=O) groups is 2. The lowest BCUT2D eigenvalue weighted by molar-refractivity contribution is -0.143. The zero-order valence-electron chi connectivity index (χ0n) is 12.5. The van der Waals surface area contributed by atoms with Gasteiger partial charge in [-0.1, -0.05) is 31.5 Å². The lowest BCUT2D eigenvalue weighted by atomic mass is 10.0. The fraction of sp³-hybridized carbons (Fsp3) is 0.467. The number of primary amides is 1. The van der Waals surface area contributed by atoms with Crippen LogP contribution in [0.4, 0.5) is 0 Å². The average Bonchev–Trinajstić information content (AvgIpc) is 2.42. The maximum absolute atomic E-state index is 11.7. The molecule has 0 fully saturated rings. The molecule has 0 spiro atoms. The molecule has 0 radical (unpaired) electrons. The number of nitrogens with one attached hydrogen (secondary N) is 1. The van der Waals surface area contributed by atoms with Gasteiger partial charge in [-0.3, -0.25) is 9.59 Å². The molecular formula is C15H21ClN2O3. The summed E-state index contributed by atoms with van der Waals surface area (Å²) in [5.41, 5.74) is 6.34. The zero-order valence-corrected chi connectivity index (χ0v) is 13.2. The van der Waals surface area contributed by atoms with Crippen molar-refractivity contribution in [1.82, 2.24) is 5.32 Å². The minimum absolute atomic E-state index is 0.298. The number of hydrogen-bond donors (Lipinski definition) is 2. The Kier molecular flexibility index (Phi) is 6.65. The summed E-state index contributed by atoms with van der Waals surface area (Å²) in [6.45, 7) is 4.48. The van der Waals surface area contributed by atoms with Crippen LogP contribution in [0.15, 0.2) is 18.2 Å². The highest BCUT2D eigenvalue weighted by atomic mass is 35.5. The van der Waals surface area contributed by atoms with Crippen molar-refractivity contribution in [1.29, 1.82) is 0 Å². The number of esters is 1. The summed E-state index contributed by atoms with van der Waals surface area (Å²) in [6, 6.07) is 4.47. The van der Waals surface area contributed by atoms with Gasteiger partial charge in [-0.2, -0.15) is 0 Å². The van der Waals surface area contributed by atoms with E-state index >= 15 is 0 Å². The largest absolute Gasteiger partial charge is 0.468 e. The third kappa shape index (κ3) is 5.36. The predicted octanol–water partition coefficient (Wildman–Crippen LogP) is 2.12. The average molecular weight is 313 g/mol. The van der Waals surface area contributed by atoms with Gasteiger partial charge in [-0.05, 0) is 30.0 Å². The van der Waals surface area contributed by atoms with Gasteiger partial charge in [0.2, 0.25) is 5.91 Å². The van der Waals surface area contributed by atoms with Gasteiger partial charge in [0.15, 0.2) is 0 Å². The van der Waals surface area contributed by atoms with E-state index in [4.69, 9.17) is 22.1 Å². The van der Waals surface area contributed by atoms with Gasteiger partial charge in [0.1, 0.15) is 6.04 Å². The van der Waals surface area contributed by atoms with E-state index in [9.17, 15) is 9.59 Å². The van der Waals surface area contributed by atoms with E-state index in [1.165, 1.54) is 13.2 Å². The maximum Gasteiger partial charge on any atom is 0.322 e. The second-order valence-corrected chi connectivity index (χ2v) is 5.66. The minimum Gasteiger partial charge on any atom is -0.468 e. The molecule has 1 atom stereocenters. The number of hydrogen-bond acceptors (Lipinski definition) is 4. The quantitative estimate of drug-likeness (QED) is 0.756. The Balaban J connectivity index is 2.75. The van der Waals surface area contributed by atoms with E-state index < -0.39 is 5.91 Å². The van der Waals surface area contributed by atoms with Crippen molar-refractivity contribution in [2.75, 3.05) is 7.11 Å². The first-order chi connectivity index (χ1) is 9.85. The van der Waals surface area contributed by atoms with Crippen molar-refractivity contribution in [2.45, 2.75) is 32.9 Å². The zero-order chi connectivity index (χ0) is 16.0. The number of halogens is 1. The molecule has 1 aromatic rings. The highest BCUT2D eigenvalue weighted by molar-refractivity contribution is 6.31. The molecule has 0 bridgehead atoms. The molecule has 3 N–H and O–H groups in total. The number of methoxy groups -OCH3 is 1. The molecule has 0 aliphatic heterocycles. The maximum atomic E-state index is 11.7. The van der Waals surface area contributed by atoms with E-state index in [2.05, 4.69) is 5.32 Å². The van der Waals surface area contributed by atoms with Crippen LogP contribution < -0.4 is 11.1 Å². The van der Waals surface area contributed by atoms with Gasteiger partial charge in [-0.15, -0.1) is 0 Å². The lowest BCUT2D eigenvalue weighted by Gasteiger charge is -2.18. The van der Waals surface area contributed by atoms with Crippen molar-refractivity contribution in [2.24, 2.45) is 11.7 Å². The van der Waals surface area contributed by atoms with E-state index in [1.54, 1.807) is 12.1 Å². The van der Waals surface area contributed by atoms with Gasteiger partial charge < -0.3 is 15.8 Å². The molecule has 5 nitrogen and oxygen atoms in total. The smallest absolute Gasteiger partial charge is 0.322 e. The summed E-state index contributed by atoms with van der Waals surface area (Å²) in [7, 11) is 1.37. The van der Waals surface area contributed by atoms with Crippen LogP contribution in [0, 0.1) is 5.92 Å². The Morgan fingerprint density at radius 3 is 2.52 bits per heavy atom. The molecule has 116 valence electrons. The first-order valence-corrected chi connectivity index (χ1v) is 7.12. The molecule has 1 unspecified atom stereocenters. The molecular weight excluding hydrogens is 292 g/mol. The first kappa shape index (κ1) is 17.5. The SMILES string of the molecule is COC(=O)C(CC(C)C)NCc1ccc(C(N)=O)cc1Cl. The van der Waals surface area contributed by atoms with Crippen LogP contribution in [0.5, 0.6) is 0 Å². The molecule has 0 aliphatic rings. The van der Waals surface area contributed by atoms with Crippen LogP contribution >= 0.6 is 11.6 Å². The molecule has 0 saturated heterocycles. The predicted molar refractivity (Wildman–Crippen MR) is 82.1 cm³/mol. The number of ether oxygens (including phenoxy) is 1. The van der Waals surface area contributed by atoms with Gasteiger partial charge in [0, 0.05) is 17.1 Å². The summed E-state index contributed by atoms with van der Waals surface area (Å²) in [6.07, 6.45) is 0.670. The standard InChI is InChI=1S/C15H21ClN2O3/c1-9(2)6-13(15(20)21-3)18-8-11-5-4-10(14(17)19)7-12(11)16/h4-5,7,9,13,18H,6,8H2,1-3H3,(H2,17,19). The summed E-state index contributed by atoms with van der Waals surface area (Å²) in [5, 5.41) is 3.57. The number of rotatable bonds is 7. The summed E-state index contributed by atoms with van der Waals surface area (Å²) in [5.74, 6) is -0.466. The number of carbonyl (C=O) groups excluding carboxylic acids is 2. The fourth-order valence-electron chi connectivity index (χ4n) is 1.95. The molecule has 1 aromatic carbocycles. The summed E-state index contributed by atoms with van der Waals surface area (Å²) in [4.78, 5) is 22.8. The Bertz CT molecular complexity index is 518. The fourth-order valence-corrected chi connectivity index (χ4v) is 2.20. The number of benzene rings is 1. The van der Waals surface area contributed by atoms with Crippen molar-refractivity contribution >= 4 is 23.5 Å². The molecule has 1 rings (SSSR count). The van der Waals surface area contributed by atoms with Crippen molar-refractivity contribution < 1.29 is 14.3 Å². The second-order valence-electron chi connectivity index (χ2n) is 5.26. The molecule has 0 aromatic heterocycles. The molecule has 0 heterocycles. The Labute approximate surface area is 129 Å². The topological polar surface area (TPSA) is 81.4 Å². The number of nitrogens with two attached hydrogens (primary N) is 1. The second kappa shape index (κ2) is 8.00. The third-order valence-electron chi connectivity index (χ3n) is 3.07. The van der Waals surface area contributed by atoms with E-state index in [-0.39, 0.29) is 12.0 Å². The van der Waals surface area contributed by atoms with E-state index in [0.717, 1.165) is 5.56 Å². The van der Waals surface area contributed by atoms with Crippen molar-refractivity contribution in [3.8, 4) is 0 Å². The Hall–Kier alpha value is -1.59. The molecule has 21 heavy (non-hydrogen) atoms. The monoisotopic (exact) mass is 312 g/mol. The minimum atomic E-state index is -0.524.